The van der Waals surface area contributed by atoms with Crippen LogP contribution < -0.4 is 19.6 Å². The average Bonchev–Trinajstić information content (AvgIpc) is 3.53. The van der Waals surface area contributed by atoms with Crippen LogP contribution in [0.1, 0.15) is 31.2 Å². The highest BCUT2D eigenvalue weighted by Crippen LogP contribution is 2.37. The molecule has 1 aliphatic rings. The number of methoxy groups -OCH3 is 1. The van der Waals surface area contributed by atoms with Crippen molar-refractivity contribution in [3.05, 3.63) is 112 Å². The predicted octanol–water partition coefficient (Wildman–Crippen LogP) is 4.63. The lowest BCUT2D eigenvalue weighted by atomic mass is 10.0. The zero-order chi connectivity index (χ0) is 28.6. The van der Waals surface area contributed by atoms with Crippen LogP contribution >= 0.6 is 22.9 Å². The van der Waals surface area contributed by atoms with Gasteiger partial charge in [0.1, 0.15) is 23.3 Å². The van der Waals surface area contributed by atoms with E-state index in [1.165, 1.54) is 22.8 Å². The number of para-hydroxylation sites is 1. The lowest BCUT2D eigenvalue weighted by molar-refractivity contribution is -0.384. The smallest absolute Gasteiger partial charge is 0.338 e. The molecule has 0 radical (unpaired) electrons. The second-order valence-electron chi connectivity index (χ2n) is 8.67. The molecular weight excluding hydrogens is 558 g/mol. The van der Waals surface area contributed by atoms with Crippen LogP contribution in [0.2, 0.25) is 5.02 Å². The number of esters is 1. The molecule has 0 saturated heterocycles. The topological polar surface area (TPSA) is 126 Å². The van der Waals surface area contributed by atoms with Gasteiger partial charge in [0, 0.05) is 23.3 Å². The summed E-state index contributed by atoms with van der Waals surface area (Å²) < 4.78 is 18.6. The largest absolute Gasteiger partial charge is 0.496 e. The van der Waals surface area contributed by atoms with E-state index >= 15 is 0 Å². The minimum Gasteiger partial charge on any atom is -0.496 e. The first-order chi connectivity index (χ1) is 19.2. The molecule has 0 amide bonds. The summed E-state index contributed by atoms with van der Waals surface area (Å²) in [5.41, 5.74) is 0.965. The summed E-state index contributed by atoms with van der Waals surface area (Å²) in [6, 6.07) is 13.5. The molecule has 12 heteroatoms. The molecule has 0 saturated carbocycles. The van der Waals surface area contributed by atoms with Crippen molar-refractivity contribution in [3.63, 3.8) is 0 Å². The van der Waals surface area contributed by atoms with E-state index in [2.05, 4.69) is 4.99 Å². The second kappa shape index (κ2) is 10.9. The molecule has 1 atom stereocenters. The summed E-state index contributed by atoms with van der Waals surface area (Å²) in [7, 11) is 1.55. The number of thiazole rings is 1. The molecule has 4 aromatic rings. The number of hydrogen-bond donors (Lipinski definition) is 0. The summed E-state index contributed by atoms with van der Waals surface area (Å²) in [5.74, 6) is 0.425. The number of halogens is 1. The summed E-state index contributed by atoms with van der Waals surface area (Å²) >= 11 is 7.50. The predicted molar refractivity (Wildman–Crippen MR) is 149 cm³/mol. The molecule has 0 fully saturated rings. The zero-order valence-corrected chi connectivity index (χ0v) is 23.1. The molecule has 1 aliphatic heterocycles. The molecule has 40 heavy (non-hydrogen) atoms. The number of allylic oxidation sites excluding steroid dienone is 1. The van der Waals surface area contributed by atoms with Gasteiger partial charge in [0.15, 0.2) is 4.80 Å². The third-order valence-electron chi connectivity index (χ3n) is 6.27. The van der Waals surface area contributed by atoms with Crippen molar-refractivity contribution in [2.45, 2.75) is 19.9 Å². The van der Waals surface area contributed by atoms with E-state index in [1.807, 2.05) is 18.2 Å². The molecule has 0 N–H and O–H groups in total. The molecule has 5 rings (SSSR count). The quantitative estimate of drug-likeness (QED) is 0.177. The fourth-order valence-corrected chi connectivity index (χ4v) is 5.70. The Hall–Kier alpha value is -4.48. The van der Waals surface area contributed by atoms with E-state index in [1.54, 1.807) is 45.2 Å². The fraction of sp³-hybridized carbons (Fsp3) is 0.179. The van der Waals surface area contributed by atoms with Crippen molar-refractivity contribution in [2.75, 3.05) is 13.7 Å². The number of ether oxygens (including phenoxy) is 2. The molecule has 204 valence electrons. The van der Waals surface area contributed by atoms with Gasteiger partial charge in [-0.15, -0.1) is 0 Å². The standard InChI is InChI=1S/C28H22ClN3O7S/c1-4-38-27(34)24-15(2)30-28-31(26(33)23(40-28)13-16-7-5-6-8-20(16)37-3)25(24)22-12-11-21(39-22)18-14-17(32(35)36)9-10-19(18)29/h5-14,25H,4H2,1-3H3/b23-13-/t25-/m0/s1. The minimum atomic E-state index is -0.999. The number of nitro benzene ring substituents is 1. The van der Waals surface area contributed by atoms with Gasteiger partial charge in [0.2, 0.25) is 0 Å². The third-order valence-corrected chi connectivity index (χ3v) is 7.58. The van der Waals surface area contributed by atoms with E-state index in [0.29, 0.717) is 31.9 Å². The van der Waals surface area contributed by atoms with E-state index in [0.717, 1.165) is 11.3 Å². The number of hydrogen-bond acceptors (Lipinski definition) is 9. The van der Waals surface area contributed by atoms with Gasteiger partial charge in [-0.05, 0) is 44.2 Å². The molecule has 2 aromatic carbocycles. The van der Waals surface area contributed by atoms with Crippen molar-refractivity contribution in [3.8, 4) is 17.1 Å². The number of aromatic nitrogens is 1. The van der Waals surface area contributed by atoms with E-state index in [4.69, 9.17) is 25.5 Å². The Balaban J connectivity index is 1.71. The van der Waals surface area contributed by atoms with Gasteiger partial charge in [0.25, 0.3) is 11.2 Å². The van der Waals surface area contributed by atoms with Crippen LogP contribution in [-0.4, -0.2) is 29.2 Å². The third kappa shape index (κ3) is 4.85. The monoisotopic (exact) mass is 579 g/mol. The van der Waals surface area contributed by atoms with Crippen molar-refractivity contribution in [2.24, 2.45) is 4.99 Å². The van der Waals surface area contributed by atoms with Crippen molar-refractivity contribution in [1.82, 2.24) is 4.57 Å². The highest BCUT2D eigenvalue weighted by Gasteiger charge is 2.35. The van der Waals surface area contributed by atoms with Crippen LogP contribution in [0.3, 0.4) is 0 Å². The van der Waals surface area contributed by atoms with Crippen LogP contribution in [0, 0.1) is 10.1 Å². The van der Waals surface area contributed by atoms with Crippen LogP contribution in [-0.2, 0) is 9.53 Å². The zero-order valence-electron chi connectivity index (χ0n) is 21.5. The normalized spacial score (nSPS) is 15.0. The van der Waals surface area contributed by atoms with Crippen molar-refractivity contribution >= 4 is 40.7 Å². The Bertz CT molecular complexity index is 1870. The van der Waals surface area contributed by atoms with Gasteiger partial charge < -0.3 is 13.9 Å². The minimum absolute atomic E-state index is 0.118. The van der Waals surface area contributed by atoms with E-state index in [9.17, 15) is 19.7 Å². The Morgan fingerprint density at radius 1 is 1.25 bits per heavy atom. The Kier molecular flexibility index (Phi) is 7.42. The number of benzene rings is 2. The molecule has 2 aromatic heterocycles. The first-order valence-corrected chi connectivity index (χ1v) is 13.3. The van der Waals surface area contributed by atoms with Gasteiger partial charge in [-0.25, -0.2) is 9.79 Å². The maximum absolute atomic E-state index is 13.8. The number of fused-ring (bicyclic) bond motifs is 1. The highest BCUT2D eigenvalue weighted by atomic mass is 35.5. The Labute approximate surface area is 236 Å². The maximum Gasteiger partial charge on any atom is 0.338 e. The first kappa shape index (κ1) is 27.1. The Morgan fingerprint density at radius 3 is 2.75 bits per heavy atom. The lowest BCUT2D eigenvalue weighted by Gasteiger charge is -2.22. The van der Waals surface area contributed by atoms with Crippen molar-refractivity contribution in [1.29, 1.82) is 0 Å². The number of carbonyl (C=O) groups is 1. The molecule has 10 nitrogen and oxygen atoms in total. The lowest BCUT2D eigenvalue weighted by Crippen LogP contribution is -2.39. The number of rotatable bonds is 7. The summed E-state index contributed by atoms with van der Waals surface area (Å²) in [6.07, 6.45) is 1.71. The maximum atomic E-state index is 13.8. The van der Waals surface area contributed by atoms with Gasteiger partial charge in [-0.1, -0.05) is 41.1 Å². The fourth-order valence-electron chi connectivity index (χ4n) is 4.45. The number of carbonyl (C=O) groups excluding carboxylic acids is 1. The molecule has 0 bridgehead atoms. The summed E-state index contributed by atoms with van der Waals surface area (Å²) in [6.45, 7) is 3.46. The first-order valence-electron chi connectivity index (χ1n) is 12.1. The van der Waals surface area contributed by atoms with E-state index < -0.39 is 16.9 Å². The molecular formula is C28H22ClN3O7S. The highest BCUT2D eigenvalue weighted by molar-refractivity contribution is 7.07. The summed E-state index contributed by atoms with van der Waals surface area (Å²) in [4.78, 5) is 42.7. The molecule has 0 unspecified atom stereocenters. The molecule has 0 spiro atoms. The summed E-state index contributed by atoms with van der Waals surface area (Å²) in [5, 5.41) is 11.6. The van der Waals surface area contributed by atoms with Crippen molar-refractivity contribution < 1.29 is 23.6 Å². The van der Waals surface area contributed by atoms with E-state index in [-0.39, 0.29) is 40.0 Å². The van der Waals surface area contributed by atoms with Gasteiger partial charge in [0.05, 0.1) is 39.5 Å². The molecule has 0 aliphatic carbocycles. The number of furan rings is 1. The number of non-ortho nitro benzene ring substituents is 1. The van der Waals surface area contributed by atoms with Gasteiger partial charge in [-0.3, -0.25) is 19.5 Å². The number of nitro groups is 1. The SMILES string of the molecule is CCOC(=O)C1=C(C)N=c2s/c(=C\c3ccccc3OC)c(=O)n2[C@H]1c1ccc(-c2cc([N+](=O)[O-])ccc2Cl)o1. The van der Waals surface area contributed by atoms with Crippen LogP contribution in [0.25, 0.3) is 17.4 Å². The van der Waals surface area contributed by atoms with Gasteiger partial charge in [-0.2, -0.15) is 0 Å². The van der Waals surface area contributed by atoms with Crippen LogP contribution in [0.4, 0.5) is 5.69 Å². The average molecular weight is 580 g/mol. The molecule has 3 heterocycles. The van der Waals surface area contributed by atoms with Gasteiger partial charge >= 0.3 is 5.97 Å². The Morgan fingerprint density at radius 2 is 2.02 bits per heavy atom. The number of nitrogens with zero attached hydrogens (tertiary/aromatic N) is 3. The van der Waals surface area contributed by atoms with Crippen LogP contribution in [0.15, 0.2) is 80.1 Å². The van der Waals surface area contributed by atoms with Crippen LogP contribution in [0.5, 0.6) is 5.75 Å². The second-order valence-corrected chi connectivity index (χ2v) is 10.1.